The predicted octanol–water partition coefficient (Wildman–Crippen LogP) is 5.32. The number of alkyl halides is 1. The maximum absolute atomic E-state index is 15.4. The second kappa shape index (κ2) is 11.2. The lowest BCUT2D eigenvalue weighted by molar-refractivity contribution is -0.161. The minimum Gasteiger partial charge on any atom is -0.458 e. The number of anilines is 1. The zero-order valence-electron chi connectivity index (χ0n) is 21.2. The molecule has 0 atom stereocenters. The molecule has 2 aromatic carbocycles. The average Bonchev–Trinajstić information content (AvgIpc) is 2.85. The number of halogens is 1. The van der Waals surface area contributed by atoms with Crippen LogP contribution in [0.2, 0.25) is 0 Å². The van der Waals surface area contributed by atoms with Crippen molar-refractivity contribution in [1.82, 2.24) is 9.97 Å². The highest BCUT2D eigenvalue weighted by atomic mass is 19.1. The molecular weight excluding hydrogens is 457 g/mol. The summed E-state index contributed by atoms with van der Waals surface area (Å²) in [4.78, 5) is 23.4. The van der Waals surface area contributed by atoms with Crippen LogP contribution in [0.4, 0.5) is 10.2 Å². The van der Waals surface area contributed by atoms with Crippen molar-refractivity contribution in [3.05, 3.63) is 89.9 Å². The summed E-state index contributed by atoms with van der Waals surface area (Å²) in [6.07, 6.45) is 4.12. The van der Waals surface area contributed by atoms with Crippen LogP contribution in [-0.2, 0) is 14.3 Å². The third kappa shape index (κ3) is 6.88. The molecule has 1 fully saturated rings. The summed E-state index contributed by atoms with van der Waals surface area (Å²) in [5, 5.41) is 0. The Kier molecular flexibility index (Phi) is 7.99. The second-order valence-electron chi connectivity index (χ2n) is 10.3. The monoisotopic (exact) mass is 491 g/mol. The molecule has 0 spiro atoms. The molecule has 1 aliphatic heterocycles. The number of piperidine rings is 1. The van der Waals surface area contributed by atoms with Gasteiger partial charge in [0.1, 0.15) is 23.7 Å². The third-order valence-corrected chi connectivity index (χ3v) is 6.19. The zero-order valence-corrected chi connectivity index (χ0v) is 21.2. The number of benzene rings is 2. The van der Waals surface area contributed by atoms with Crippen LogP contribution in [0.15, 0.2) is 73.1 Å². The topological polar surface area (TPSA) is 64.6 Å². The van der Waals surface area contributed by atoms with E-state index >= 15 is 4.39 Å². The number of carbonyl (C=O) groups is 1. The number of esters is 1. The molecule has 0 amide bonds. The van der Waals surface area contributed by atoms with E-state index in [1.165, 1.54) is 0 Å². The van der Waals surface area contributed by atoms with Crippen LogP contribution in [0.25, 0.3) is 0 Å². The summed E-state index contributed by atoms with van der Waals surface area (Å²) in [5.74, 6) is 0.203. The highest BCUT2D eigenvalue weighted by molar-refractivity contribution is 5.71. The van der Waals surface area contributed by atoms with Crippen molar-refractivity contribution >= 4 is 11.8 Å². The molecule has 3 aromatic rings. The number of hydrogen-bond donors (Lipinski definition) is 0. The fourth-order valence-electron chi connectivity index (χ4n) is 4.46. The van der Waals surface area contributed by atoms with Gasteiger partial charge in [-0.3, -0.25) is 4.98 Å². The first-order valence-corrected chi connectivity index (χ1v) is 12.4. The Morgan fingerprint density at radius 1 is 1.00 bits per heavy atom. The van der Waals surface area contributed by atoms with Gasteiger partial charge in [-0.1, -0.05) is 60.7 Å². The normalized spacial score (nSPS) is 15.6. The Bertz CT molecular complexity index is 1090. The van der Waals surface area contributed by atoms with E-state index in [1.54, 1.807) is 27.0 Å². The Labute approximate surface area is 212 Å². The van der Waals surface area contributed by atoms with Crippen LogP contribution in [0, 0.1) is 0 Å². The van der Waals surface area contributed by atoms with E-state index in [0.717, 1.165) is 22.6 Å². The van der Waals surface area contributed by atoms with Gasteiger partial charge in [-0.2, -0.15) is 0 Å². The second-order valence-corrected chi connectivity index (χ2v) is 10.3. The third-order valence-electron chi connectivity index (χ3n) is 6.19. The molecule has 0 radical (unpaired) electrons. The molecule has 0 bridgehead atoms. The van der Waals surface area contributed by atoms with Gasteiger partial charge in [0.25, 0.3) is 0 Å². The SMILES string of the molecule is CC(C)(C)OC(=O)COCC1(F)CCN(c2cncc(C(c3ccccc3)c3ccccc3)n2)CC1. The van der Waals surface area contributed by atoms with Gasteiger partial charge >= 0.3 is 5.97 Å². The van der Waals surface area contributed by atoms with E-state index in [2.05, 4.69) is 34.1 Å². The number of hydrogen-bond acceptors (Lipinski definition) is 6. The smallest absolute Gasteiger partial charge is 0.332 e. The van der Waals surface area contributed by atoms with Crippen molar-refractivity contribution in [1.29, 1.82) is 0 Å². The predicted molar refractivity (Wildman–Crippen MR) is 138 cm³/mol. The van der Waals surface area contributed by atoms with Crippen LogP contribution in [-0.4, -0.2) is 53.5 Å². The Balaban J connectivity index is 1.42. The van der Waals surface area contributed by atoms with Gasteiger partial charge in [0, 0.05) is 32.1 Å². The molecule has 0 N–H and O–H groups in total. The Morgan fingerprint density at radius 3 is 2.14 bits per heavy atom. The molecule has 1 aromatic heterocycles. The highest BCUT2D eigenvalue weighted by Gasteiger charge is 2.36. The first-order chi connectivity index (χ1) is 17.2. The molecule has 0 saturated carbocycles. The molecule has 2 heterocycles. The van der Waals surface area contributed by atoms with Gasteiger partial charge in [0.2, 0.25) is 0 Å². The summed E-state index contributed by atoms with van der Waals surface area (Å²) in [6, 6.07) is 20.5. The summed E-state index contributed by atoms with van der Waals surface area (Å²) >= 11 is 0. The van der Waals surface area contributed by atoms with Gasteiger partial charge in [0.05, 0.1) is 24.4 Å². The first-order valence-electron chi connectivity index (χ1n) is 12.4. The van der Waals surface area contributed by atoms with Crippen LogP contribution >= 0.6 is 0 Å². The largest absolute Gasteiger partial charge is 0.458 e. The first kappa shape index (κ1) is 25.8. The fourth-order valence-corrected chi connectivity index (χ4v) is 4.46. The summed E-state index contributed by atoms with van der Waals surface area (Å²) in [6.45, 7) is 5.97. The molecule has 0 aliphatic carbocycles. The molecule has 190 valence electrons. The van der Waals surface area contributed by atoms with E-state index in [4.69, 9.17) is 14.5 Å². The lowest BCUT2D eigenvalue weighted by Crippen LogP contribution is -2.45. The molecule has 1 saturated heterocycles. The van der Waals surface area contributed by atoms with Crippen molar-refractivity contribution in [2.75, 3.05) is 31.2 Å². The van der Waals surface area contributed by atoms with Crippen LogP contribution < -0.4 is 4.90 Å². The van der Waals surface area contributed by atoms with Crippen molar-refractivity contribution in [3.63, 3.8) is 0 Å². The quantitative estimate of drug-likeness (QED) is 0.397. The van der Waals surface area contributed by atoms with E-state index in [9.17, 15) is 4.79 Å². The van der Waals surface area contributed by atoms with E-state index in [1.807, 2.05) is 42.6 Å². The van der Waals surface area contributed by atoms with Gasteiger partial charge in [0.15, 0.2) is 0 Å². The van der Waals surface area contributed by atoms with Crippen LogP contribution in [0.1, 0.15) is 56.4 Å². The number of nitrogens with zero attached hydrogens (tertiary/aromatic N) is 3. The maximum atomic E-state index is 15.4. The Hall–Kier alpha value is -3.32. The van der Waals surface area contributed by atoms with Crippen molar-refractivity contribution in [3.8, 4) is 0 Å². The van der Waals surface area contributed by atoms with Gasteiger partial charge in [-0.05, 0) is 31.9 Å². The molecular formula is C29H34FN3O3. The maximum Gasteiger partial charge on any atom is 0.332 e. The number of carbonyl (C=O) groups excluding carboxylic acids is 1. The number of aromatic nitrogens is 2. The molecule has 0 unspecified atom stereocenters. The van der Waals surface area contributed by atoms with E-state index < -0.39 is 17.2 Å². The van der Waals surface area contributed by atoms with Crippen molar-refractivity contribution < 1.29 is 18.7 Å². The van der Waals surface area contributed by atoms with E-state index in [-0.39, 0.29) is 32.0 Å². The zero-order chi connectivity index (χ0) is 25.6. The van der Waals surface area contributed by atoms with Crippen LogP contribution in [0.3, 0.4) is 0 Å². The minimum absolute atomic E-state index is 0.0499. The summed E-state index contributed by atoms with van der Waals surface area (Å²) in [5.41, 5.74) is 1.05. The number of rotatable bonds is 8. The van der Waals surface area contributed by atoms with Crippen LogP contribution in [0.5, 0.6) is 0 Å². The van der Waals surface area contributed by atoms with Gasteiger partial charge in [-0.15, -0.1) is 0 Å². The summed E-state index contributed by atoms with van der Waals surface area (Å²) < 4.78 is 26.0. The lowest BCUT2D eigenvalue weighted by atomic mass is 9.89. The van der Waals surface area contributed by atoms with Crippen molar-refractivity contribution in [2.24, 2.45) is 0 Å². The average molecular weight is 492 g/mol. The fraction of sp³-hybridized carbons (Fsp3) is 0.414. The van der Waals surface area contributed by atoms with Gasteiger partial charge < -0.3 is 14.4 Å². The summed E-state index contributed by atoms with van der Waals surface area (Å²) in [7, 11) is 0. The minimum atomic E-state index is -1.49. The lowest BCUT2D eigenvalue weighted by Gasteiger charge is -2.36. The molecule has 36 heavy (non-hydrogen) atoms. The molecule has 6 nitrogen and oxygen atoms in total. The molecule has 7 heteroatoms. The molecule has 1 aliphatic rings. The number of ether oxygens (including phenoxy) is 2. The van der Waals surface area contributed by atoms with Gasteiger partial charge in [-0.25, -0.2) is 14.2 Å². The highest BCUT2D eigenvalue weighted by Crippen LogP contribution is 2.33. The molecule has 4 rings (SSSR count). The van der Waals surface area contributed by atoms with E-state index in [0.29, 0.717) is 13.1 Å². The van der Waals surface area contributed by atoms with Crippen molar-refractivity contribution in [2.45, 2.75) is 50.8 Å². The standard InChI is InChI=1S/C29H34FN3O3/c1-28(2,3)36-26(34)20-35-21-29(30)14-16-33(17-15-29)25-19-31-18-24(32-25)27(22-10-6-4-7-11-22)23-12-8-5-9-13-23/h4-13,18-19,27H,14-17,20-21H2,1-3H3. The Morgan fingerprint density at radius 2 is 1.58 bits per heavy atom.